The lowest BCUT2D eigenvalue weighted by Crippen LogP contribution is -2.25. The molecule has 1 aliphatic carbocycles. The van der Waals surface area contributed by atoms with Crippen molar-refractivity contribution in [2.45, 2.75) is 39.2 Å². The van der Waals surface area contributed by atoms with Gasteiger partial charge in [0.2, 0.25) is 0 Å². The number of aliphatic imine (C=N–C) groups is 1. The maximum atomic E-state index is 4.89. The highest BCUT2D eigenvalue weighted by Gasteiger charge is 2.31. The molecule has 1 aliphatic heterocycles. The number of rotatable bonds is 1. The molecule has 0 spiro atoms. The Morgan fingerprint density at radius 3 is 2.78 bits per heavy atom. The smallest absolute Gasteiger partial charge is 0.161 e. The van der Waals surface area contributed by atoms with Gasteiger partial charge in [0.1, 0.15) is 0 Å². The minimum atomic E-state index is 0.582. The van der Waals surface area contributed by atoms with Crippen molar-refractivity contribution in [2.24, 2.45) is 10.9 Å². The molecule has 1 N–H and O–H groups in total. The Hall–Kier alpha value is -0.960. The first-order valence-corrected chi connectivity index (χ1v) is 7.76. The van der Waals surface area contributed by atoms with Crippen molar-refractivity contribution in [3.63, 3.8) is 0 Å². The molecular formula is C15H20N2S. The Balaban J connectivity index is 1.80. The maximum absolute atomic E-state index is 4.89. The van der Waals surface area contributed by atoms with Crippen molar-refractivity contribution in [2.75, 3.05) is 11.1 Å². The van der Waals surface area contributed by atoms with Crippen molar-refractivity contribution >= 4 is 22.6 Å². The zero-order valence-electron chi connectivity index (χ0n) is 11.1. The van der Waals surface area contributed by atoms with Gasteiger partial charge >= 0.3 is 0 Å². The average molecular weight is 260 g/mol. The van der Waals surface area contributed by atoms with E-state index in [1.54, 1.807) is 0 Å². The first kappa shape index (κ1) is 12.1. The second kappa shape index (κ2) is 4.96. The quantitative estimate of drug-likeness (QED) is 0.825. The van der Waals surface area contributed by atoms with Gasteiger partial charge in [-0.2, -0.15) is 0 Å². The third-order valence-corrected chi connectivity index (χ3v) is 5.12. The van der Waals surface area contributed by atoms with E-state index in [9.17, 15) is 0 Å². The molecule has 2 aliphatic rings. The Bertz CT molecular complexity index is 461. The first-order chi connectivity index (χ1) is 8.74. The lowest BCUT2D eigenvalue weighted by atomic mass is 10.1. The molecule has 1 aromatic carbocycles. The number of hydrogen-bond acceptors (Lipinski definition) is 3. The van der Waals surface area contributed by atoms with E-state index in [1.807, 2.05) is 11.8 Å². The zero-order valence-corrected chi connectivity index (χ0v) is 11.9. The lowest BCUT2D eigenvalue weighted by molar-refractivity contribution is 0.535. The van der Waals surface area contributed by atoms with Crippen molar-refractivity contribution in [3.05, 3.63) is 29.3 Å². The number of amidine groups is 1. The van der Waals surface area contributed by atoms with Crippen LogP contribution in [0.15, 0.2) is 23.2 Å². The maximum Gasteiger partial charge on any atom is 0.161 e. The number of para-hydroxylation sites is 1. The molecular weight excluding hydrogens is 240 g/mol. The van der Waals surface area contributed by atoms with E-state index in [2.05, 4.69) is 37.4 Å². The van der Waals surface area contributed by atoms with Crippen LogP contribution in [0.3, 0.4) is 0 Å². The van der Waals surface area contributed by atoms with Crippen LogP contribution in [0.25, 0.3) is 0 Å². The van der Waals surface area contributed by atoms with Gasteiger partial charge in [-0.05, 0) is 43.7 Å². The van der Waals surface area contributed by atoms with Crippen LogP contribution in [0.5, 0.6) is 0 Å². The number of nitrogens with one attached hydrogen (secondary N) is 1. The molecule has 0 amide bonds. The van der Waals surface area contributed by atoms with Gasteiger partial charge in [-0.25, -0.2) is 0 Å². The van der Waals surface area contributed by atoms with Crippen molar-refractivity contribution < 1.29 is 0 Å². The highest BCUT2D eigenvalue weighted by molar-refractivity contribution is 8.14. The predicted octanol–water partition coefficient (Wildman–Crippen LogP) is 3.99. The second-order valence-corrected chi connectivity index (χ2v) is 6.40. The minimum absolute atomic E-state index is 0.582. The van der Waals surface area contributed by atoms with E-state index in [4.69, 9.17) is 4.99 Å². The van der Waals surface area contributed by atoms with Crippen LogP contribution in [-0.2, 0) is 0 Å². The standard InChI is InChI=1S/C15H20N2S/c1-10-5-3-6-11(2)14(10)17-15-16-13-8-4-7-12(13)9-18-15/h3,5-6,12-13H,4,7-9H2,1-2H3,(H,16,17). The van der Waals surface area contributed by atoms with Gasteiger partial charge in [-0.3, -0.25) is 4.99 Å². The number of nitrogens with zero attached hydrogens (tertiary/aromatic N) is 1. The fraction of sp³-hybridized carbons (Fsp3) is 0.533. The molecule has 1 fully saturated rings. The Labute approximate surface area is 113 Å². The normalized spacial score (nSPS) is 26.7. The Morgan fingerprint density at radius 2 is 2.00 bits per heavy atom. The third kappa shape index (κ3) is 2.28. The summed E-state index contributed by atoms with van der Waals surface area (Å²) in [5, 5.41) is 4.66. The van der Waals surface area contributed by atoms with E-state index in [0.29, 0.717) is 6.04 Å². The number of anilines is 1. The number of hydrogen-bond donors (Lipinski definition) is 1. The average Bonchev–Trinajstić information content (AvgIpc) is 2.81. The molecule has 96 valence electrons. The lowest BCUT2D eigenvalue weighted by Gasteiger charge is -2.24. The topological polar surface area (TPSA) is 24.4 Å². The SMILES string of the molecule is Cc1cccc(C)c1NC1=NC2CCCC2CS1. The number of thioether (sulfide) groups is 1. The molecule has 3 heteroatoms. The van der Waals surface area contributed by atoms with Crippen LogP contribution in [0.4, 0.5) is 5.69 Å². The van der Waals surface area contributed by atoms with Gasteiger partial charge in [0, 0.05) is 11.4 Å². The molecule has 2 unspecified atom stereocenters. The van der Waals surface area contributed by atoms with E-state index < -0.39 is 0 Å². The van der Waals surface area contributed by atoms with E-state index >= 15 is 0 Å². The molecule has 1 saturated carbocycles. The van der Waals surface area contributed by atoms with Gasteiger partial charge in [0.05, 0.1) is 6.04 Å². The second-order valence-electron chi connectivity index (χ2n) is 5.40. The van der Waals surface area contributed by atoms with Gasteiger partial charge in [0.15, 0.2) is 5.17 Å². The molecule has 1 aromatic rings. The van der Waals surface area contributed by atoms with E-state index in [0.717, 1.165) is 11.1 Å². The predicted molar refractivity (Wildman–Crippen MR) is 80.6 cm³/mol. The highest BCUT2D eigenvalue weighted by Crippen LogP contribution is 2.36. The van der Waals surface area contributed by atoms with Crippen LogP contribution < -0.4 is 5.32 Å². The van der Waals surface area contributed by atoms with Crippen molar-refractivity contribution in [1.29, 1.82) is 0 Å². The van der Waals surface area contributed by atoms with Crippen molar-refractivity contribution in [1.82, 2.24) is 0 Å². The largest absolute Gasteiger partial charge is 0.335 e. The van der Waals surface area contributed by atoms with Crippen LogP contribution in [-0.4, -0.2) is 17.0 Å². The molecule has 0 saturated heterocycles. The highest BCUT2D eigenvalue weighted by atomic mass is 32.2. The number of fused-ring (bicyclic) bond motifs is 1. The minimum Gasteiger partial charge on any atom is -0.335 e. The number of benzene rings is 1. The van der Waals surface area contributed by atoms with E-state index in [1.165, 1.54) is 41.8 Å². The monoisotopic (exact) mass is 260 g/mol. The van der Waals surface area contributed by atoms with Gasteiger partial charge in [-0.1, -0.05) is 36.4 Å². The fourth-order valence-corrected chi connectivity index (χ4v) is 4.09. The molecule has 0 radical (unpaired) electrons. The Kier molecular flexibility index (Phi) is 3.33. The first-order valence-electron chi connectivity index (χ1n) is 6.78. The number of aryl methyl sites for hydroxylation is 2. The van der Waals surface area contributed by atoms with E-state index in [-0.39, 0.29) is 0 Å². The molecule has 3 rings (SSSR count). The summed E-state index contributed by atoms with van der Waals surface area (Å²) < 4.78 is 0. The molecule has 18 heavy (non-hydrogen) atoms. The summed E-state index contributed by atoms with van der Waals surface area (Å²) in [7, 11) is 0. The van der Waals surface area contributed by atoms with Crippen LogP contribution >= 0.6 is 11.8 Å². The van der Waals surface area contributed by atoms with Crippen LogP contribution in [0.1, 0.15) is 30.4 Å². The van der Waals surface area contributed by atoms with Gasteiger partial charge in [0.25, 0.3) is 0 Å². The summed E-state index contributed by atoms with van der Waals surface area (Å²) >= 11 is 1.89. The molecule has 0 bridgehead atoms. The Morgan fingerprint density at radius 1 is 1.22 bits per heavy atom. The summed E-state index contributed by atoms with van der Waals surface area (Å²) in [5.41, 5.74) is 3.83. The zero-order chi connectivity index (χ0) is 12.5. The molecule has 2 atom stereocenters. The summed E-state index contributed by atoms with van der Waals surface area (Å²) in [6.45, 7) is 4.31. The molecule has 1 heterocycles. The summed E-state index contributed by atoms with van der Waals surface area (Å²) in [5.74, 6) is 2.07. The fourth-order valence-electron chi connectivity index (χ4n) is 2.94. The third-order valence-electron chi connectivity index (χ3n) is 4.05. The molecule has 2 nitrogen and oxygen atoms in total. The van der Waals surface area contributed by atoms with Crippen LogP contribution in [0, 0.1) is 19.8 Å². The summed E-state index contributed by atoms with van der Waals surface area (Å²) in [4.78, 5) is 4.89. The summed E-state index contributed by atoms with van der Waals surface area (Å²) in [6, 6.07) is 7.00. The van der Waals surface area contributed by atoms with Gasteiger partial charge in [-0.15, -0.1) is 0 Å². The van der Waals surface area contributed by atoms with Gasteiger partial charge < -0.3 is 5.32 Å². The van der Waals surface area contributed by atoms with Crippen LogP contribution in [0.2, 0.25) is 0 Å². The molecule has 0 aromatic heterocycles. The van der Waals surface area contributed by atoms with Crippen molar-refractivity contribution in [3.8, 4) is 0 Å². The summed E-state index contributed by atoms with van der Waals surface area (Å²) in [6.07, 6.45) is 4.01.